The van der Waals surface area contributed by atoms with E-state index in [-0.39, 0.29) is 0 Å². The molecule has 0 spiro atoms. The highest BCUT2D eigenvalue weighted by atomic mass is 33.1. The molecule has 0 amide bonds. The summed E-state index contributed by atoms with van der Waals surface area (Å²) >= 11 is 9.92. The molecule has 0 aromatic rings. The van der Waals surface area contributed by atoms with Gasteiger partial charge in [-0.3, -0.25) is 0 Å². The minimum Gasteiger partial charge on any atom is -0.384 e. The fourth-order valence-corrected chi connectivity index (χ4v) is 3.04. The molecule has 6 heteroatoms. The second-order valence-corrected chi connectivity index (χ2v) is 5.95. The van der Waals surface area contributed by atoms with Gasteiger partial charge in [-0.1, -0.05) is 24.4 Å². The second-order valence-electron chi connectivity index (χ2n) is 2.45. The Morgan fingerprint density at radius 3 is 2.25 bits per heavy atom. The van der Waals surface area contributed by atoms with Crippen LogP contribution in [0.3, 0.4) is 0 Å². The molecule has 0 atom stereocenters. The Labute approximate surface area is 91.0 Å². The SMILES string of the molecule is NC(=S)SSC(=S)N1CCCC1. The maximum absolute atomic E-state index is 5.33. The molecular formula is C6H10N2S4. The normalized spacial score (nSPS) is 16.5. The predicted octanol–water partition coefficient (Wildman–Crippen LogP) is 1.99. The third kappa shape index (κ3) is 3.47. The molecule has 68 valence electrons. The number of hydrogen-bond acceptors (Lipinski definition) is 4. The van der Waals surface area contributed by atoms with Crippen molar-refractivity contribution in [2.45, 2.75) is 12.8 Å². The third-order valence-electron chi connectivity index (χ3n) is 1.56. The van der Waals surface area contributed by atoms with E-state index in [4.69, 9.17) is 30.2 Å². The van der Waals surface area contributed by atoms with Gasteiger partial charge in [0.1, 0.15) is 8.64 Å². The summed E-state index contributed by atoms with van der Waals surface area (Å²) < 4.78 is 1.35. The summed E-state index contributed by atoms with van der Waals surface area (Å²) in [5, 5.41) is 0. The van der Waals surface area contributed by atoms with Gasteiger partial charge in [0.15, 0.2) is 0 Å². The van der Waals surface area contributed by atoms with Crippen molar-refractivity contribution >= 4 is 54.7 Å². The molecule has 0 saturated carbocycles. The second kappa shape index (κ2) is 5.26. The van der Waals surface area contributed by atoms with Crippen LogP contribution in [-0.2, 0) is 0 Å². The Morgan fingerprint density at radius 1 is 1.17 bits per heavy atom. The van der Waals surface area contributed by atoms with Gasteiger partial charge in [0, 0.05) is 13.1 Å². The zero-order valence-electron chi connectivity index (χ0n) is 6.49. The maximum atomic E-state index is 5.33. The standard InChI is InChI=1S/C6H10N2S4/c7-5(9)11-12-6(10)8-3-1-2-4-8/h1-4H2,(H2,7,9). The lowest BCUT2D eigenvalue weighted by Gasteiger charge is -2.16. The van der Waals surface area contributed by atoms with Crippen LogP contribution >= 0.6 is 46.0 Å². The van der Waals surface area contributed by atoms with Crippen molar-refractivity contribution in [1.29, 1.82) is 0 Å². The van der Waals surface area contributed by atoms with Gasteiger partial charge in [0.2, 0.25) is 0 Å². The summed E-state index contributed by atoms with van der Waals surface area (Å²) in [5.74, 6) is 0. The fourth-order valence-electron chi connectivity index (χ4n) is 1.03. The quantitative estimate of drug-likeness (QED) is 0.513. The van der Waals surface area contributed by atoms with Gasteiger partial charge in [-0.05, 0) is 34.4 Å². The van der Waals surface area contributed by atoms with E-state index in [0.29, 0.717) is 4.32 Å². The largest absolute Gasteiger partial charge is 0.384 e. The molecule has 1 heterocycles. The molecule has 1 fully saturated rings. The van der Waals surface area contributed by atoms with Crippen molar-refractivity contribution in [3.05, 3.63) is 0 Å². The van der Waals surface area contributed by atoms with Crippen LogP contribution in [0, 0.1) is 0 Å². The van der Waals surface area contributed by atoms with Gasteiger partial charge < -0.3 is 10.6 Å². The van der Waals surface area contributed by atoms with Gasteiger partial charge in [0.25, 0.3) is 0 Å². The molecular weight excluding hydrogens is 228 g/mol. The predicted molar refractivity (Wildman–Crippen MR) is 65.4 cm³/mol. The van der Waals surface area contributed by atoms with E-state index in [1.807, 2.05) is 0 Å². The van der Waals surface area contributed by atoms with E-state index in [1.165, 1.54) is 34.4 Å². The highest BCUT2D eigenvalue weighted by molar-refractivity contribution is 8.89. The average Bonchev–Trinajstić information content (AvgIpc) is 2.51. The fraction of sp³-hybridized carbons (Fsp3) is 0.667. The van der Waals surface area contributed by atoms with Crippen LogP contribution in [0.25, 0.3) is 0 Å². The van der Waals surface area contributed by atoms with Gasteiger partial charge in [-0.2, -0.15) is 0 Å². The molecule has 2 nitrogen and oxygen atoms in total. The molecule has 0 aromatic carbocycles. The molecule has 1 saturated heterocycles. The van der Waals surface area contributed by atoms with Crippen molar-refractivity contribution < 1.29 is 0 Å². The molecule has 1 aliphatic rings. The van der Waals surface area contributed by atoms with E-state index in [9.17, 15) is 0 Å². The lowest BCUT2D eigenvalue weighted by atomic mass is 10.4. The number of nitrogens with two attached hydrogens (primary N) is 1. The minimum atomic E-state index is 0.446. The average molecular weight is 238 g/mol. The topological polar surface area (TPSA) is 29.3 Å². The highest BCUT2D eigenvalue weighted by Crippen LogP contribution is 2.26. The van der Waals surface area contributed by atoms with E-state index < -0.39 is 0 Å². The first kappa shape index (κ1) is 10.6. The molecule has 12 heavy (non-hydrogen) atoms. The first-order valence-electron chi connectivity index (χ1n) is 3.63. The Hall–Kier alpha value is 0.480. The summed E-state index contributed by atoms with van der Waals surface area (Å²) in [4.78, 5) is 2.20. The summed E-state index contributed by atoms with van der Waals surface area (Å²) in [6.45, 7) is 2.17. The van der Waals surface area contributed by atoms with Crippen molar-refractivity contribution in [3.8, 4) is 0 Å². The maximum Gasteiger partial charge on any atom is 0.147 e. The zero-order chi connectivity index (χ0) is 8.97. The summed E-state index contributed by atoms with van der Waals surface area (Å²) in [5.41, 5.74) is 5.33. The molecule has 2 N–H and O–H groups in total. The summed E-state index contributed by atoms with van der Waals surface area (Å²) in [7, 11) is 2.86. The smallest absolute Gasteiger partial charge is 0.147 e. The third-order valence-corrected chi connectivity index (χ3v) is 4.86. The first-order chi connectivity index (χ1) is 5.70. The van der Waals surface area contributed by atoms with Crippen LogP contribution in [0.15, 0.2) is 0 Å². The van der Waals surface area contributed by atoms with E-state index >= 15 is 0 Å². The molecule has 0 aliphatic carbocycles. The molecule has 0 bridgehead atoms. The molecule has 0 unspecified atom stereocenters. The lowest BCUT2D eigenvalue weighted by Crippen LogP contribution is -2.22. The number of rotatable bonds is 0. The Balaban J connectivity index is 2.23. The van der Waals surface area contributed by atoms with Gasteiger partial charge in [-0.25, -0.2) is 0 Å². The van der Waals surface area contributed by atoms with Crippen molar-refractivity contribution in [1.82, 2.24) is 4.90 Å². The zero-order valence-corrected chi connectivity index (χ0v) is 9.75. The van der Waals surface area contributed by atoms with Crippen LogP contribution in [-0.4, -0.2) is 26.6 Å². The van der Waals surface area contributed by atoms with Crippen molar-refractivity contribution in [3.63, 3.8) is 0 Å². The highest BCUT2D eigenvalue weighted by Gasteiger charge is 2.15. The van der Waals surface area contributed by atoms with Crippen molar-refractivity contribution in [2.75, 3.05) is 13.1 Å². The van der Waals surface area contributed by atoms with Gasteiger partial charge in [-0.15, -0.1) is 0 Å². The summed E-state index contributed by atoms with van der Waals surface area (Å²) in [6, 6.07) is 0. The van der Waals surface area contributed by atoms with Crippen LogP contribution < -0.4 is 5.73 Å². The number of nitrogens with zero attached hydrogens (tertiary/aromatic N) is 1. The lowest BCUT2D eigenvalue weighted by molar-refractivity contribution is 0.539. The first-order valence-corrected chi connectivity index (χ1v) is 6.59. The number of likely N-dealkylation sites (tertiary alicyclic amines) is 1. The number of thiocarbonyl (C=S) groups is 2. The Kier molecular flexibility index (Phi) is 4.63. The van der Waals surface area contributed by atoms with E-state index in [1.54, 1.807) is 0 Å². The van der Waals surface area contributed by atoms with Crippen LogP contribution in [0.5, 0.6) is 0 Å². The minimum absolute atomic E-state index is 0.446. The Morgan fingerprint density at radius 2 is 1.75 bits per heavy atom. The van der Waals surface area contributed by atoms with Crippen LogP contribution in [0.2, 0.25) is 0 Å². The van der Waals surface area contributed by atoms with Crippen LogP contribution in [0.1, 0.15) is 12.8 Å². The molecule has 0 radical (unpaired) electrons. The van der Waals surface area contributed by atoms with Crippen LogP contribution in [0.4, 0.5) is 0 Å². The number of hydrogen-bond donors (Lipinski definition) is 1. The van der Waals surface area contributed by atoms with E-state index in [2.05, 4.69) is 4.90 Å². The summed E-state index contributed by atoms with van der Waals surface area (Å²) in [6.07, 6.45) is 2.50. The molecule has 1 aliphatic heterocycles. The van der Waals surface area contributed by atoms with Gasteiger partial charge in [0.05, 0.1) is 0 Å². The van der Waals surface area contributed by atoms with E-state index in [0.717, 1.165) is 17.4 Å². The Bertz CT molecular complexity index is 188. The monoisotopic (exact) mass is 238 g/mol. The van der Waals surface area contributed by atoms with Crippen molar-refractivity contribution in [2.24, 2.45) is 5.73 Å². The molecule has 0 aromatic heterocycles. The molecule has 1 rings (SSSR count). The van der Waals surface area contributed by atoms with Gasteiger partial charge >= 0.3 is 0 Å².